The first-order valence-electron chi connectivity index (χ1n) is 8.91. The third kappa shape index (κ3) is 5.72. The molecule has 1 aliphatic rings. The van der Waals surface area contributed by atoms with Crippen LogP contribution in [0, 0.1) is 0 Å². The first-order valence-corrected chi connectivity index (χ1v) is 9.29. The average molecular weight is 392 g/mol. The number of carbonyl (C=O) groups excluding carboxylic acids is 1. The summed E-state index contributed by atoms with van der Waals surface area (Å²) in [5, 5.41) is 0.453. The number of rotatable bonds is 7. The summed E-state index contributed by atoms with van der Waals surface area (Å²) in [4.78, 5) is 22.3. The summed E-state index contributed by atoms with van der Waals surface area (Å²) in [5.74, 6) is 1.33. The zero-order valence-corrected chi connectivity index (χ0v) is 15.9. The Morgan fingerprint density at radius 1 is 1.19 bits per heavy atom. The molecule has 0 N–H and O–H groups in total. The van der Waals surface area contributed by atoms with Gasteiger partial charge < -0.3 is 19.1 Å². The third-order valence-electron chi connectivity index (χ3n) is 4.10. The molecule has 1 amide bonds. The lowest BCUT2D eigenvalue weighted by Crippen LogP contribution is -2.46. The fourth-order valence-corrected chi connectivity index (χ4v) is 2.90. The van der Waals surface area contributed by atoms with Crippen molar-refractivity contribution in [2.75, 3.05) is 26.3 Å². The van der Waals surface area contributed by atoms with Crippen molar-refractivity contribution in [3.05, 3.63) is 41.7 Å². The lowest BCUT2D eigenvalue weighted by molar-refractivity contribution is -0.136. The van der Waals surface area contributed by atoms with Crippen LogP contribution in [0.4, 0.5) is 0 Å². The van der Waals surface area contributed by atoms with Crippen LogP contribution in [0.1, 0.15) is 19.8 Å². The van der Waals surface area contributed by atoms with Gasteiger partial charge in [-0.2, -0.15) is 0 Å². The van der Waals surface area contributed by atoms with Gasteiger partial charge in [0.15, 0.2) is 6.61 Å². The summed E-state index contributed by atoms with van der Waals surface area (Å²) in [6.07, 6.45) is 4.53. The van der Waals surface area contributed by atoms with E-state index in [0.717, 1.165) is 18.6 Å². The number of hydrogen-bond acceptors (Lipinski definition) is 6. The molecule has 7 nitrogen and oxygen atoms in total. The van der Waals surface area contributed by atoms with Gasteiger partial charge in [-0.15, -0.1) is 0 Å². The van der Waals surface area contributed by atoms with Crippen molar-refractivity contribution in [2.45, 2.75) is 25.9 Å². The topological polar surface area (TPSA) is 73.8 Å². The number of amides is 1. The van der Waals surface area contributed by atoms with Gasteiger partial charge in [0.1, 0.15) is 17.6 Å². The van der Waals surface area contributed by atoms with Crippen molar-refractivity contribution in [3.8, 4) is 17.5 Å². The molecule has 1 unspecified atom stereocenters. The molecular weight excluding hydrogens is 370 g/mol. The maximum absolute atomic E-state index is 12.5. The molecule has 1 saturated heterocycles. The Morgan fingerprint density at radius 2 is 1.85 bits per heavy atom. The van der Waals surface area contributed by atoms with Gasteiger partial charge in [0.05, 0.1) is 30.6 Å². The molecule has 1 aromatic heterocycles. The van der Waals surface area contributed by atoms with E-state index in [9.17, 15) is 4.79 Å². The molecule has 3 rings (SSSR count). The highest BCUT2D eigenvalue weighted by atomic mass is 35.5. The molecule has 1 fully saturated rings. The van der Waals surface area contributed by atoms with E-state index in [1.165, 1.54) is 12.4 Å². The van der Waals surface area contributed by atoms with E-state index in [1.54, 1.807) is 17.0 Å². The summed E-state index contributed by atoms with van der Waals surface area (Å²) in [6.45, 7) is 3.69. The Morgan fingerprint density at radius 3 is 2.52 bits per heavy atom. The minimum absolute atomic E-state index is 0.0157. The Labute approximate surface area is 163 Å². The fourth-order valence-electron chi connectivity index (χ4n) is 2.81. The molecule has 2 heterocycles. The van der Waals surface area contributed by atoms with Gasteiger partial charge in [0.2, 0.25) is 0 Å². The van der Waals surface area contributed by atoms with Crippen molar-refractivity contribution in [1.82, 2.24) is 14.9 Å². The monoisotopic (exact) mass is 391 g/mol. The van der Waals surface area contributed by atoms with Gasteiger partial charge >= 0.3 is 6.01 Å². The SMILES string of the molecule is CCOc1ccc(OCC(=O)N2CCCC(Oc3ncc(Cl)cn3)C2)cc1. The van der Waals surface area contributed by atoms with Crippen LogP contribution < -0.4 is 14.2 Å². The largest absolute Gasteiger partial charge is 0.494 e. The minimum Gasteiger partial charge on any atom is -0.494 e. The molecule has 2 aromatic rings. The smallest absolute Gasteiger partial charge is 0.316 e. The van der Waals surface area contributed by atoms with Crippen LogP contribution in [-0.4, -0.2) is 53.2 Å². The van der Waals surface area contributed by atoms with Gasteiger partial charge in [0, 0.05) is 6.54 Å². The Hall–Kier alpha value is -2.54. The highest BCUT2D eigenvalue weighted by Gasteiger charge is 2.25. The predicted molar refractivity (Wildman–Crippen MR) is 100 cm³/mol. The molecule has 27 heavy (non-hydrogen) atoms. The van der Waals surface area contributed by atoms with Crippen LogP contribution in [0.3, 0.4) is 0 Å². The molecule has 0 spiro atoms. The second-order valence-electron chi connectivity index (χ2n) is 6.10. The molecular formula is C19H22ClN3O4. The van der Waals surface area contributed by atoms with Crippen LogP contribution in [0.5, 0.6) is 17.5 Å². The van der Waals surface area contributed by atoms with Crippen molar-refractivity contribution >= 4 is 17.5 Å². The average Bonchev–Trinajstić information content (AvgIpc) is 2.69. The summed E-state index contributed by atoms with van der Waals surface area (Å²) in [5.41, 5.74) is 0. The lowest BCUT2D eigenvalue weighted by atomic mass is 10.1. The number of aromatic nitrogens is 2. The predicted octanol–water partition coefficient (Wildman–Crippen LogP) is 2.98. The molecule has 0 saturated carbocycles. The molecule has 0 aliphatic carbocycles. The van der Waals surface area contributed by atoms with E-state index in [4.69, 9.17) is 25.8 Å². The Kier molecular flexibility index (Phi) is 6.70. The Balaban J connectivity index is 1.48. The molecule has 1 aliphatic heterocycles. The maximum Gasteiger partial charge on any atom is 0.316 e. The number of piperidine rings is 1. The number of hydrogen-bond donors (Lipinski definition) is 0. The van der Waals surface area contributed by atoms with Crippen LogP contribution in [0.15, 0.2) is 36.7 Å². The summed E-state index contributed by atoms with van der Waals surface area (Å²) >= 11 is 5.77. The third-order valence-corrected chi connectivity index (χ3v) is 4.29. The molecule has 0 bridgehead atoms. The van der Waals surface area contributed by atoms with E-state index in [2.05, 4.69) is 9.97 Å². The summed E-state index contributed by atoms with van der Waals surface area (Å²) in [7, 11) is 0. The van der Waals surface area contributed by atoms with Crippen molar-refractivity contribution in [1.29, 1.82) is 0 Å². The summed E-state index contributed by atoms with van der Waals surface area (Å²) < 4.78 is 16.7. The van der Waals surface area contributed by atoms with Gasteiger partial charge in [-0.05, 0) is 44.0 Å². The van der Waals surface area contributed by atoms with Gasteiger partial charge in [0.25, 0.3) is 5.91 Å². The second kappa shape index (κ2) is 9.41. The second-order valence-corrected chi connectivity index (χ2v) is 6.54. The molecule has 8 heteroatoms. The molecule has 0 radical (unpaired) electrons. The highest BCUT2D eigenvalue weighted by molar-refractivity contribution is 6.30. The van der Waals surface area contributed by atoms with Crippen molar-refractivity contribution < 1.29 is 19.0 Å². The van der Waals surface area contributed by atoms with E-state index < -0.39 is 0 Å². The maximum atomic E-state index is 12.5. The number of halogens is 1. The minimum atomic E-state index is -0.144. The van der Waals surface area contributed by atoms with Crippen molar-refractivity contribution in [2.24, 2.45) is 0 Å². The van der Waals surface area contributed by atoms with Gasteiger partial charge in [-0.3, -0.25) is 4.79 Å². The zero-order chi connectivity index (χ0) is 19.1. The molecule has 1 aromatic carbocycles. The van der Waals surface area contributed by atoms with E-state index in [0.29, 0.717) is 30.5 Å². The van der Waals surface area contributed by atoms with E-state index in [1.807, 2.05) is 19.1 Å². The number of likely N-dealkylation sites (tertiary alicyclic amines) is 1. The zero-order valence-electron chi connectivity index (χ0n) is 15.1. The quantitative estimate of drug-likeness (QED) is 0.722. The lowest BCUT2D eigenvalue weighted by Gasteiger charge is -2.32. The van der Waals surface area contributed by atoms with E-state index in [-0.39, 0.29) is 24.6 Å². The first kappa shape index (κ1) is 19.2. The fraction of sp³-hybridized carbons (Fsp3) is 0.421. The van der Waals surface area contributed by atoms with E-state index >= 15 is 0 Å². The van der Waals surface area contributed by atoms with Crippen molar-refractivity contribution in [3.63, 3.8) is 0 Å². The standard InChI is InChI=1S/C19H22ClN3O4/c1-2-25-15-5-7-16(8-6-15)26-13-18(24)23-9-3-4-17(12-23)27-19-21-10-14(20)11-22-19/h5-8,10-11,17H,2-4,9,12-13H2,1H3. The molecule has 1 atom stereocenters. The normalized spacial score (nSPS) is 16.7. The molecule has 144 valence electrons. The van der Waals surface area contributed by atoms with Crippen LogP contribution in [0.25, 0.3) is 0 Å². The number of nitrogens with zero attached hydrogens (tertiary/aromatic N) is 3. The van der Waals surface area contributed by atoms with Gasteiger partial charge in [-0.25, -0.2) is 9.97 Å². The highest BCUT2D eigenvalue weighted by Crippen LogP contribution is 2.19. The van der Waals surface area contributed by atoms with Gasteiger partial charge in [-0.1, -0.05) is 11.6 Å². The number of carbonyl (C=O) groups is 1. The van der Waals surface area contributed by atoms with Crippen LogP contribution in [0.2, 0.25) is 5.02 Å². The number of benzene rings is 1. The first-order chi connectivity index (χ1) is 13.1. The number of ether oxygens (including phenoxy) is 3. The summed E-state index contributed by atoms with van der Waals surface area (Å²) in [6, 6.07) is 7.49. The van der Waals surface area contributed by atoms with Crippen LogP contribution in [-0.2, 0) is 4.79 Å². The van der Waals surface area contributed by atoms with Crippen LogP contribution >= 0.6 is 11.6 Å². The Bertz CT molecular complexity index is 740.